The van der Waals surface area contributed by atoms with Gasteiger partial charge in [-0.1, -0.05) is 18.2 Å². The van der Waals surface area contributed by atoms with Gasteiger partial charge >= 0.3 is 0 Å². The second-order valence-electron chi connectivity index (χ2n) is 4.57. The van der Waals surface area contributed by atoms with Crippen LogP contribution < -0.4 is 5.73 Å². The fraction of sp³-hybridized carbons (Fsp3) is 0.500. The van der Waals surface area contributed by atoms with Crippen molar-refractivity contribution < 1.29 is 5.11 Å². The molecule has 1 fully saturated rings. The molecule has 2 aliphatic carbocycles. The van der Waals surface area contributed by atoms with Gasteiger partial charge < -0.3 is 10.8 Å². The third-order valence-electron chi connectivity index (χ3n) is 3.90. The van der Waals surface area contributed by atoms with Crippen LogP contribution in [0, 0.1) is 0 Å². The van der Waals surface area contributed by atoms with Gasteiger partial charge in [-0.2, -0.15) is 0 Å². The van der Waals surface area contributed by atoms with E-state index in [-0.39, 0.29) is 12.6 Å². The first-order chi connectivity index (χ1) is 6.78. The highest BCUT2D eigenvalue weighted by atomic mass is 16.3. The van der Waals surface area contributed by atoms with E-state index >= 15 is 0 Å². The number of nitrogens with two attached hydrogens (primary N) is 1. The van der Waals surface area contributed by atoms with Crippen molar-refractivity contribution in [3.05, 3.63) is 34.9 Å². The third-order valence-corrected chi connectivity index (χ3v) is 3.90. The molecule has 3 N–H and O–H groups in total. The molecule has 0 heterocycles. The molecule has 3 rings (SSSR count). The van der Waals surface area contributed by atoms with Crippen LogP contribution in [0.4, 0.5) is 0 Å². The van der Waals surface area contributed by atoms with E-state index in [1.807, 2.05) is 12.1 Å². The van der Waals surface area contributed by atoms with Crippen molar-refractivity contribution in [2.45, 2.75) is 37.3 Å². The van der Waals surface area contributed by atoms with E-state index in [1.54, 1.807) is 0 Å². The van der Waals surface area contributed by atoms with Crippen LogP contribution in [0.25, 0.3) is 0 Å². The number of aliphatic hydroxyl groups excluding tert-OH is 1. The first-order valence-corrected chi connectivity index (χ1v) is 5.25. The Bertz CT molecular complexity index is 382. The van der Waals surface area contributed by atoms with Crippen LogP contribution in [0.15, 0.2) is 18.2 Å². The van der Waals surface area contributed by atoms with Crippen LogP contribution in [0.1, 0.15) is 29.5 Å². The Morgan fingerprint density at radius 3 is 2.86 bits per heavy atom. The zero-order chi connectivity index (χ0) is 9.76. The molecule has 1 unspecified atom stereocenters. The van der Waals surface area contributed by atoms with Gasteiger partial charge in [-0.05, 0) is 36.0 Å². The van der Waals surface area contributed by atoms with E-state index in [0.717, 1.165) is 12.0 Å². The van der Waals surface area contributed by atoms with Gasteiger partial charge in [0.25, 0.3) is 0 Å². The Hall–Kier alpha value is -0.860. The van der Waals surface area contributed by atoms with E-state index in [1.165, 1.54) is 24.0 Å². The Balaban J connectivity index is 2.17. The second kappa shape index (κ2) is 2.59. The van der Waals surface area contributed by atoms with Crippen molar-refractivity contribution in [1.29, 1.82) is 0 Å². The summed E-state index contributed by atoms with van der Waals surface area (Å²) in [5, 5.41) is 9.24. The Kier molecular flexibility index (Phi) is 1.56. The lowest BCUT2D eigenvalue weighted by atomic mass is 9.94. The molecule has 1 spiro atoms. The molecular formula is C12H15NO. The quantitative estimate of drug-likeness (QED) is 0.694. The zero-order valence-electron chi connectivity index (χ0n) is 8.16. The summed E-state index contributed by atoms with van der Waals surface area (Å²) in [5.41, 5.74) is 10.3. The minimum absolute atomic E-state index is 0.145. The molecule has 74 valence electrons. The SMILES string of the molecule is NC1Cc2c(CO)cccc2C12CC2. The van der Waals surface area contributed by atoms with Gasteiger partial charge in [0, 0.05) is 11.5 Å². The van der Waals surface area contributed by atoms with E-state index in [9.17, 15) is 5.11 Å². The topological polar surface area (TPSA) is 46.2 Å². The second-order valence-corrected chi connectivity index (χ2v) is 4.57. The van der Waals surface area contributed by atoms with E-state index in [2.05, 4.69) is 6.07 Å². The summed E-state index contributed by atoms with van der Waals surface area (Å²) in [6, 6.07) is 6.52. The third kappa shape index (κ3) is 0.877. The number of aliphatic hydroxyl groups is 1. The van der Waals surface area contributed by atoms with Crippen LogP contribution in [-0.2, 0) is 18.4 Å². The summed E-state index contributed by atoms with van der Waals surface area (Å²) in [4.78, 5) is 0. The van der Waals surface area contributed by atoms with Crippen molar-refractivity contribution in [2.24, 2.45) is 5.73 Å². The first kappa shape index (κ1) is 8.45. The highest BCUT2D eigenvalue weighted by molar-refractivity contribution is 5.50. The molecule has 0 radical (unpaired) electrons. The van der Waals surface area contributed by atoms with Gasteiger partial charge in [0.1, 0.15) is 0 Å². The van der Waals surface area contributed by atoms with Crippen molar-refractivity contribution >= 4 is 0 Å². The molecule has 1 atom stereocenters. The lowest BCUT2D eigenvalue weighted by Gasteiger charge is -2.13. The van der Waals surface area contributed by atoms with Crippen LogP contribution in [0.5, 0.6) is 0 Å². The summed E-state index contributed by atoms with van der Waals surface area (Å²) >= 11 is 0. The van der Waals surface area contributed by atoms with Gasteiger partial charge in [0.05, 0.1) is 6.61 Å². The number of hydrogen-bond donors (Lipinski definition) is 2. The number of rotatable bonds is 1. The van der Waals surface area contributed by atoms with Crippen molar-refractivity contribution in [2.75, 3.05) is 0 Å². The van der Waals surface area contributed by atoms with Gasteiger partial charge in [-0.15, -0.1) is 0 Å². The summed E-state index contributed by atoms with van der Waals surface area (Å²) in [5.74, 6) is 0. The summed E-state index contributed by atoms with van der Waals surface area (Å²) in [6.45, 7) is 0.145. The van der Waals surface area contributed by atoms with Crippen LogP contribution in [0.3, 0.4) is 0 Å². The average molecular weight is 189 g/mol. The smallest absolute Gasteiger partial charge is 0.0684 e. The molecule has 0 saturated heterocycles. The number of fused-ring (bicyclic) bond motifs is 2. The van der Waals surface area contributed by atoms with Gasteiger partial charge in [0.2, 0.25) is 0 Å². The molecule has 0 aliphatic heterocycles. The normalized spacial score (nSPS) is 26.6. The molecule has 0 bridgehead atoms. The largest absolute Gasteiger partial charge is 0.392 e. The number of benzene rings is 1. The van der Waals surface area contributed by atoms with E-state index < -0.39 is 0 Å². The monoisotopic (exact) mass is 189 g/mol. The van der Waals surface area contributed by atoms with E-state index in [0.29, 0.717) is 5.41 Å². The first-order valence-electron chi connectivity index (χ1n) is 5.25. The molecule has 2 aliphatic rings. The minimum atomic E-state index is 0.145. The fourth-order valence-corrected chi connectivity index (χ4v) is 2.88. The highest BCUT2D eigenvalue weighted by Crippen LogP contribution is 2.56. The molecule has 2 nitrogen and oxygen atoms in total. The standard InChI is InChI=1S/C12H15NO/c13-11-6-9-8(7-14)2-1-3-10(9)12(11)4-5-12/h1-3,11,14H,4-7,13H2. The van der Waals surface area contributed by atoms with Crippen LogP contribution in [-0.4, -0.2) is 11.1 Å². The fourth-order valence-electron chi connectivity index (χ4n) is 2.88. The molecule has 1 aromatic carbocycles. The van der Waals surface area contributed by atoms with Crippen LogP contribution in [0.2, 0.25) is 0 Å². The maximum atomic E-state index is 9.24. The lowest BCUT2D eigenvalue weighted by Crippen LogP contribution is -2.30. The molecule has 1 saturated carbocycles. The van der Waals surface area contributed by atoms with Gasteiger partial charge in [-0.25, -0.2) is 0 Å². The maximum absolute atomic E-state index is 9.24. The molecule has 0 aromatic heterocycles. The summed E-state index contributed by atoms with van der Waals surface area (Å²) < 4.78 is 0. The zero-order valence-corrected chi connectivity index (χ0v) is 8.16. The summed E-state index contributed by atoms with van der Waals surface area (Å²) in [6.07, 6.45) is 3.41. The Morgan fingerprint density at radius 2 is 2.21 bits per heavy atom. The predicted octanol–water partition coefficient (Wildman–Crippen LogP) is 1.09. The Labute approximate surface area is 83.7 Å². The van der Waals surface area contributed by atoms with Crippen molar-refractivity contribution in [3.8, 4) is 0 Å². The van der Waals surface area contributed by atoms with E-state index in [4.69, 9.17) is 5.73 Å². The maximum Gasteiger partial charge on any atom is 0.0684 e. The molecule has 14 heavy (non-hydrogen) atoms. The molecule has 0 amide bonds. The lowest BCUT2D eigenvalue weighted by molar-refractivity contribution is 0.280. The molecule has 2 heteroatoms. The van der Waals surface area contributed by atoms with Crippen molar-refractivity contribution in [1.82, 2.24) is 0 Å². The highest BCUT2D eigenvalue weighted by Gasteiger charge is 2.54. The van der Waals surface area contributed by atoms with Crippen molar-refractivity contribution in [3.63, 3.8) is 0 Å². The number of hydrogen-bond acceptors (Lipinski definition) is 2. The Morgan fingerprint density at radius 1 is 1.43 bits per heavy atom. The molecular weight excluding hydrogens is 174 g/mol. The molecule has 1 aromatic rings. The minimum Gasteiger partial charge on any atom is -0.392 e. The van der Waals surface area contributed by atoms with Crippen LogP contribution >= 0.6 is 0 Å². The van der Waals surface area contributed by atoms with Gasteiger partial charge in [0.15, 0.2) is 0 Å². The predicted molar refractivity (Wildman–Crippen MR) is 55.0 cm³/mol. The average Bonchev–Trinajstić information content (AvgIpc) is 2.93. The summed E-state index contributed by atoms with van der Waals surface area (Å²) in [7, 11) is 0. The van der Waals surface area contributed by atoms with Gasteiger partial charge in [-0.3, -0.25) is 0 Å².